The number of nitrogens with one attached hydrogen (secondary N) is 1. The number of ether oxygens (including phenoxy) is 1. The fourth-order valence-electron chi connectivity index (χ4n) is 1.47. The summed E-state index contributed by atoms with van der Waals surface area (Å²) in [5.74, 6) is 1.45. The average molecular weight is 272 g/mol. The van der Waals surface area contributed by atoms with E-state index in [4.69, 9.17) is 16.3 Å². The molecule has 0 aliphatic heterocycles. The van der Waals surface area contributed by atoms with E-state index in [9.17, 15) is 0 Å². The SMILES string of the molecule is ClCCOCCCNc1ncnc2sccc12. The Bertz CT molecular complexity index is 463. The Morgan fingerprint density at radius 3 is 3.18 bits per heavy atom. The molecule has 0 spiro atoms. The van der Waals surface area contributed by atoms with E-state index in [0.717, 1.165) is 35.6 Å². The lowest BCUT2D eigenvalue weighted by Crippen LogP contribution is -2.08. The van der Waals surface area contributed by atoms with Gasteiger partial charge in [0.05, 0.1) is 12.0 Å². The van der Waals surface area contributed by atoms with Crippen molar-refractivity contribution in [1.82, 2.24) is 9.97 Å². The van der Waals surface area contributed by atoms with Crippen LogP contribution in [0, 0.1) is 0 Å². The maximum Gasteiger partial charge on any atom is 0.138 e. The largest absolute Gasteiger partial charge is 0.380 e. The van der Waals surface area contributed by atoms with Gasteiger partial charge in [-0.05, 0) is 17.9 Å². The highest BCUT2D eigenvalue weighted by Gasteiger charge is 2.03. The van der Waals surface area contributed by atoms with Crippen LogP contribution in [0.4, 0.5) is 5.82 Å². The van der Waals surface area contributed by atoms with Crippen molar-refractivity contribution in [3.63, 3.8) is 0 Å². The summed E-state index contributed by atoms with van der Waals surface area (Å²) < 4.78 is 5.29. The van der Waals surface area contributed by atoms with Crippen LogP contribution in [0.2, 0.25) is 0 Å². The number of hydrogen-bond acceptors (Lipinski definition) is 5. The predicted octanol–water partition coefficient (Wildman–Crippen LogP) is 2.75. The minimum atomic E-state index is 0.550. The molecule has 2 aromatic rings. The number of nitrogens with zero attached hydrogens (tertiary/aromatic N) is 2. The molecule has 0 unspecified atom stereocenters. The second kappa shape index (κ2) is 6.74. The molecule has 0 saturated carbocycles. The molecule has 0 fully saturated rings. The lowest BCUT2D eigenvalue weighted by Gasteiger charge is -2.06. The quantitative estimate of drug-likeness (QED) is 0.621. The lowest BCUT2D eigenvalue weighted by molar-refractivity contribution is 0.149. The molecule has 0 amide bonds. The lowest BCUT2D eigenvalue weighted by atomic mass is 10.3. The topological polar surface area (TPSA) is 47.0 Å². The maximum atomic E-state index is 5.51. The van der Waals surface area contributed by atoms with Crippen molar-refractivity contribution in [2.24, 2.45) is 0 Å². The molecular formula is C11H14ClN3OS. The van der Waals surface area contributed by atoms with Crippen molar-refractivity contribution < 1.29 is 4.74 Å². The summed E-state index contributed by atoms with van der Waals surface area (Å²) in [7, 11) is 0. The van der Waals surface area contributed by atoms with Gasteiger partial charge < -0.3 is 10.1 Å². The van der Waals surface area contributed by atoms with Crippen LogP contribution in [0.5, 0.6) is 0 Å². The van der Waals surface area contributed by atoms with E-state index in [1.54, 1.807) is 17.7 Å². The molecule has 0 radical (unpaired) electrons. The number of fused-ring (bicyclic) bond motifs is 1. The van der Waals surface area contributed by atoms with E-state index < -0.39 is 0 Å². The van der Waals surface area contributed by atoms with Crippen LogP contribution in [0.3, 0.4) is 0 Å². The first-order valence-corrected chi connectivity index (χ1v) is 6.89. The summed E-state index contributed by atoms with van der Waals surface area (Å²) in [6, 6.07) is 2.03. The zero-order valence-corrected chi connectivity index (χ0v) is 10.9. The normalized spacial score (nSPS) is 10.9. The molecule has 0 atom stereocenters. The molecule has 92 valence electrons. The minimum Gasteiger partial charge on any atom is -0.380 e. The molecule has 0 saturated heterocycles. The van der Waals surface area contributed by atoms with E-state index in [1.165, 1.54) is 0 Å². The number of anilines is 1. The molecule has 17 heavy (non-hydrogen) atoms. The van der Waals surface area contributed by atoms with Crippen LogP contribution in [0.1, 0.15) is 6.42 Å². The first kappa shape index (κ1) is 12.5. The van der Waals surface area contributed by atoms with E-state index in [1.807, 2.05) is 11.4 Å². The Morgan fingerprint density at radius 1 is 1.35 bits per heavy atom. The van der Waals surface area contributed by atoms with Gasteiger partial charge >= 0.3 is 0 Å². The molecule has 1 N–H and O–H groups in total. The average Bonchev–Trinajstić information content (AvgIpc) is 2.82. The van der Waals surface area contributed by atoms with Crippen molar-refractivity contribution in [3.05, 3.63) is 17.8 Å². The van der Waals surface area contributed by atoms with Gasteiger partial charge in [-0.3, -0.25) is 0 Å². The van der Waals surface area contributed by atoms with E-state index in [2.05, 4.69) is 15.3 Å². The van der Waals surface area contributed by atoms with Gasteiger partial charge in [-0.1, -0.05) is 0 Å². The van der Waals surface area contributed by atoms with Gasteiger partial charge in [0.2, 0.25) is 0 Å². The van der Waals surface area contributed by atoms with Gasteiger partial charge in [0.15, 0.2) is 0 Å². The van der Waals surface area contributed by atoms with Crippen molar-refractivity contribution in [2.45, 2.75) is 6.42 Å². The molecule has 2 aromatic heterocycles. The zero-order valence-electron chi connectivity index (χ0n) is 9.36. The summed E-state index contributed by atoms with van der Waals surface area (Å²) in [5.41, 5.74) is 0. The summed E-state index contributed by atoms with van der Waals surface area (Å²) in [6.07, 6.45) is 2.53. The first-order chi connectivity index (χ1) is 8.42. The highest BCUT2D eigenvalue weighted by Crippen LogP contribution is 2.23. The number of rotatable bonds is 7. The van der Waals surface area contributed by atoms with Gasteiger partial charge in [0, 0.05) is 19.0 Å². The van der Waals surface area contributed by atoms with Crippen LogP contribution < -0.4 is 5.32 Å². The fourth-order valence-corrected chi connectivity index (χ4v) is 2.31. The molecule has 0 aliphatic rings. The molecule has 2 rings (SSSR count). The van der Waals surface area contributed by atoms with Crippen LogP contribution in [-0.4, -0.2) is 35.6 Å². The number of thiophene rings is 1. The van der Waals surface area contributed by atoms with E-state index >= 15 is 0 Å². The van der Waals surface area contributed by atoms with Crippen molar-refractivity contribution in [3.8, 4) is 0 Å². The van der Waals surface area contributed by atoms with Gasteiger partial charge in [0.25, 0.3) is 0 Å². The fraction of sp³-hybridized carbons (Fsp3) is 0.455. The second-order valence-electron chi connectivity index (χ2n) is 3.44. The number of aromatic nitrogens is 2. The third-order valence-corrected chi connectivity index (χ3v) is 3.22. The van der Waals surface area contributed by atoms with Crippen LogP contribution in [0.25, 0.3) is 10.2 Å². The highest BCUT2D eigenvalue weighted by molar-refractivity contribution is 7.16. The van der Waals surface area contributed by atoms with E-state index in [-0.39, 0.29) is 0 Å². The third-order valence-electron chi connectivity index (χ3n) is 2.24. The Balaban J connectivity index is 1.80. The second-order valence-corrected chi connectivity index (χ2v) is 4.72. The highest BCUT2D eigenvalue weighted by atomic mass is 35.5. The van der Waals surface area contributed by atoms with Crippen molar-refractivity contribution in [2.75, 3.05) is 31.0 Å². The van der Waals surface area contributed by atoms with Gasteiger partial charge in [0.1, 0.15) is 17.0 Å². The molecule has 0 aromatic carbocycles. The molecule has 4 nitrogen and oxygen atoms in total. The number of alkyl halides is 1. The number of hydrogen-bond donors (Lipinski definition) is 1. The van der Waals surface area contributed by atoms with Gasteiger partial charge in [-0.2, -0.15) is 0 Å². The van der Waals surface area contributed by atoms with Gasteiger partial charge in [-0.25, -0.2) is 9.97 Å². The van der Waals surface area contributed by atoms with Crippen molar-refractivity contribution in [1.29, 1.82) is 0 Å². The Morgan fingerprint density at radius 2 is 2.29 bits per heavy atom. The molecule has 0 aliphatic carbocycles. The zero-order chi connectivity index (χ0) is 11.9. The summed E-state index contributed by atoms with van der Waals surface area (Å²) in [5, 5.41) is 6.40. The molecule has 0 bridgehead atoms. The summed E-state index contributed by atoms with van der Waals surface area (Å²) >= 11 is 7.13. The Labute approximate surface area is 109 Å². The standard InChI is InChI=1S/C11H14ClN3OS/c12-3-6-16-5-1-4-13-10-9-2-7-17-11(9)15-8-14-10/h2,7-8H,1,3-6H2,(H,13,14,15). The van der Waals surface area contributed by atoms with Gasteiger partial charge in [-0.15, -0.1) is 22.9 Å². The van der Waals surface area contributed by atoms with Crippen LogP contribution >= 0.6 is 22.9 Å². The van der Waals surface area contributed by atoms with Crippen molar-refractivity contribution >= 4 is 39.0 Å². The van der Waals surface area contributed by atoms with E-state index in [0.29, 0.717) is 12.5 Å². The monoisotopic (exact) mass is 271 g/mol. The number of halogens is 1. The summed E-state index contributed by atoms with van der Waals surface area (Å²) in [4.78, 5) is 9.45. The molecule has 6 heteroatoms. The Kier molecular flexibility index (Phi) is 4.97. The minimum absolute atomic E-state index is 0.550. The predicted molar refractivity (Wildman–Crippen MR) is 72.1 cm³/mol. The first-order valence-electron chi connectivity index (χ1n) is 5.47. The molecule has 2 heterocycles. The smallest absolute Gasteiger partial charge is 0.138 e. The van der Waals surface area contributed by atoms with Crippen LogP contribution in [0.15, 0.2) is 17.8 Å². The third kappa shape index (κ3) is 3.52. The molecular weight excluding hydrogens is 258 g/mol. The van der Waals surface area contributed by atoms with Crippen LogP contribution in [-0.2, 0) is 4.74 Å². The Hall–Kier alpha value is -0.910. The summed E-state index contributed by atoms with van der Waals surface area (Å²) in [6.45, 7) is 2.17. The maximum absolute atomic E-state index is 5.51.